The summed E-state index contributed by atoms with van der Waals surface area (Å²) in [7, 11) is 0. The van der Waals surface area contributed by atoms with Gasteiger partial charge in [-0.25, -0.2) is 14.9 Å². The molecule has 1 amide bonds. The highest BCUT2D eigenvalue weighted by Crippen LogP contribution is 2.30. The number of benzene rings is 1. The van der Waals surface area contributed by atoms with Crippen molar-refractivity contribution >= 4 is 52.2 Å². The smallest absolute Gasteiger partial charge is 0.278 e. The number of amides is 1. The van der Waals surface area contributed by atoms with Crippen molar-refractivity contribution < 1.29 is 19.1 Å². The maximum atomic E-state index is 15.1. The lowest BCUT2D eigenvalue weighted by molar-refractivity contribution is 0.0166. The van der Waals surface area contributed by atoms with Gasteiger partial charge in [0.25, 0.3) is 5.91 Å². The van der Waals surface area contributed by atoms with Crippen molar-refractivity contribution in [3.63, 3.8) is 0 Å². The minimum atomic E-state index is -0.765. The molecule has 0 radical (unpaired) electrons. The fourth-order valence-electron chi connectivity index (χ4n) is 2.46. The lowest BCUT2D eigenvalue weighted by Gasteiger charge is -2.12. The summed E-state index contributed by atoms with van der Waals surface area (Å²) in [6, 6.07) is 4.51. The van der Waals surface area contributed by atoms with Crippen molar-refractivity contribution in [1.82, 2.24) is 10.0 Å². The Balaban J connectivity index is 2.16. The molecule has 1 unspecified atom stereocenters. The first-order chi connectivity index (χ1) is 12.9. The maximum absolute atomic E-state index is 15.1. The van der Waals surface area contributed by atoms with E-state index in [1.807, 2.05) is 0 Å². The number of carbonyl (C=O) groups excluding carboxylic acids is 1. The Morgan fingerprint density at radius 1 is 1.48 bits per heavy atom. The summed E-state index contributed by atoms with van der Waals surface area (Å²) < 4.78 is 16.5. The van der Waals surface area contributed by atoms with Gasteiger partial charge in [0.05, 0.1) is 36.0 Å². The van der Waals surface area contributed by atoms with Crippen LogP contribution in [0.4, 0.5) is 15.9 Å². The van der Waals surface area contributed by atoms with E-state index in [1.165, 1.54) is 22.9 Å². The number of nitrogens with zero attached hydrogens (tertiary/aromatic N) is 2. The Kier molecular flexibility index (Phi) is 6.23. The molecule has 2 heterocycles. The summed E-state index contributed by atoms with van der Waals surface area (Å²) in [4.78, 5) is 21.5. The molecular weight excluding hydrogens is 422 g/mol. The number of nitrogens with one attached hydrogen (secondary N) is 2. The van der Waals surface area contributed by atoms with Crippen LogP contribution >= 0.6 is 34.8 Å². The molecule has 7 nitrogen and oxygen atoms in total. The third-order valence-electron chi connectivity index (χ3n) is 3.68. The number of carbonyl (C=O) groups is 1. The highest BCUT2D eigenvalue weighted by atomic mass is 35.5. The number of aliphatic hydroxyl groups excluding tert-OH is 1. The van der Waals surface area contributed by atoms with Crippen molar-refractivity contribution in [2.45, 2.75) is 5.50 Å². The van der Waals surface area contributed by atoms with Crippen molar-refractivity contribution in [1.29, 1.82) is 0 Å². The van der Waals surface area contributed by atoms with Gasteiger partial charge in [-0.2, -0.15) is 0 Å². The second kappa shape index (κ2) is 8.45. The SMILES string of the molecule is O=C(NOCCO)c1cn2c(c(F)c1=Nc1ccc(Cl)cc1Cl)NCC2Cl. The number of rotatable bonds is 5. The zero-order valence-electron chi connectivity index (χ0n) is 13.7. The number of pyridine rings is 1. The highest BCUT2D eigenvalue weighted by molar-refractivity contribution is 6.36. The second-order valence-corrected chi connectivity index (χ2v) is 6.83. The Bertz CT molecular complexity index is 951. The van der Waals surface area contributed by atoms with Crippen LogP contribution in [0.5, 0.6) is 0 Å². The predicted octanol–water partition coefficient (Wildman–Crippen LogP) is 2.98. The summed E-state index contributed by atoms with van der Waals surface area (Å²) in [5.41, 5.74) is 1.67. The van der Waals surface area contributed by atoms with Crippen LogP contribution in [0.1, 0.15) is 15.9 Å². The van der Waals surface area contributed by atoms with Crippen LogP contribution in [0.25, 0.3) is 0 Å². The van der Waals surface area contributed by atoms with Crippen LogP contribution in [-0.4, -0.2) is 35.3 Å². The largest absolute Gasteiger partial charge is 0.394 e. The number of aromatic nitrogens is 1. The van der Waals surface area contributed by atoms with E-state index in [0.717, 1.165) is 0 Å². The second-order valence-electron chi connectivity index (χ2n) is 5.49. The average Bonchev–Trinajstić information content (AvgIpc) is 3.00. The molecule has 0 aliphatic carbocycles. The summed E-state index contributed by atoms with van der Waals surface area (Å²) >= 11 is 18.1. The summed E-state index contributed by atoms with van der Waals surface area (Å²) in [6.07, 6.45) is 1.37. The van der Waals surface area contributed by atoms with Gasteiger partial charge in [-0.1, -0.05) is 34.8 Å². The van der Waals surface area contributed by atoms with E-state index in [0.29, 0.717) is 5.02 Å². The minimum absolute atomic E-state index is 0.103. The van der Waals surface area contributed by atoms with E-state index in [4.69, 9.17) is 44.7 Å². The molecule has 1 atom stereocenters. The molecule has 1 aliphatic rings. The molecule has 1 aromatic heterocycles. The molecule has 3 rings (SSSR count). The number of hydroxylamine groups is 1. The van der Waals surface area contributed by atoms with E-state index in [1.54, 1.807) is 6.07 Å². The zero-order valence-corrected chi connectivity index (χ0v) is 15.9. The van der Waals surface area contributed by atoms with Gasteiger partial charge in [-0.3, -0.25) is 9.63 Å². The van der Waals surface area contributed by atoms with Crippen LogP contribution < -0.4 is 16.2 Å². The third-order valence-corrected chi connectivity index (χ3v) is 4.58. The number of halogens is 4. The number of fused-ring (bicyclic) bond motifs is 1. The van der Waals surface area contributed by atoms with Crippen LogP contribution in [0.15, 0.2) is 29.4 Å². The number of hydrogen-bond donors (Lipinski definition) is 3. The number of hydrogen-bond acceptors (Lipinski definition) is 5. The predicted molar refractivity (Wildman–Crippen MR) is 100.0 cm³/mol. The van der Waals surface area contributed by atoms with Crippen LogP contribution in [0.2, 0.25) is 10.0 Å². The summed E-state index contributed by atoms with van der Waals surface area (Å²) in [5, 5.41) is 11.9. The Morgan fingerprint density at radius 2 is 2.26 bits per heavy atom. The topological polar surface area (TPSA) is 87.9 Å². The molecule has 0 spiro atoms. The van der Waals surface area contributed by atoms with Gasteiger partial charge < -0.3 is 15.0 Å². The number of anilines is 1. The molecule has 0 saturated carbocycles. The van der Waals surface area contributed by atoms with Gasteiger partial charge >= 0.3 is 0 Å². The molecule has 2 aromatic rings. The molecule has 11 heteroatoms. The van der Waals surface area contributed by atoms with Gasteiger partial charge in [0, 0.05) is 11.2 Å². The van der Waals surface area contributed by atoms with Crippen LogP contribution in [0, 0.1) is 5.82 Å². The quantitative estimate of drug-likeness (QED) is 0.383. The Labute approximate surface area is 168 Å². The minimum Gasteiger partial charge on any atom is -0.394 e. The van der Waals surface area contributed by atoms with Crippen molar-refractivity contribution in [3.05, 3.63) is 51.2 Å². The molecule has 0 fully saturated rings. The number of aliphatic hydroxyl groups is 1. The summed E-state index contributed by atoms with van der Waals surface area (Å²) in [5.74, 6) is -1.41. The van der Waals surface area contributed by atoms with E-state index in [-0.39, 0.29) is 47.2 Å². The zero-order chi connectivity index (χ0) is 19.6. The molecule has 0 bridgehead atoms. The maximum Gasteiger partial charge on any atom is 0.278 e. The van der Waals surface area contributed by atoms with Crippen LogP contribution in [-0.2, 0) is 4.84 Å². The van der Waals surface area contributed by atoms with Crippen molar-refractivity contribution in [2.75, 3.05) is 25.1 Å². The molecular formula is C16H14Cl3FN4O3. The van der Waals surface area contributed by atoms with E-state index >= 15 is 4.39 Å². The monoisotopic (exact) mass is 434 g/mol. The van der Waals surface area contributed by atoms with Crippen molar-refractivity contribution in [2.24, 2.45) is 4.99 Å². The summed E-state index contributed by atoms with van der Waals surface area (Å²) in [6.45, 7) is -0.133. The van der Waals surface area contributed by atoms with Gasteiger partial charge in [0.2, 0.25) is 0 Å². The van der Waals surface area contributed by atoms with Gasteiger partial charge in [-0.15, -0.1) is 0 Å². The molecule has 1 aliphatic heterocycles. The van der Waals surface area contributed by atoms with E-state index < -0.39 is 17.2 Å². The van der Waals surface area contributed by atoms with Gasteiger partial charge in [-0.05, 0) is 18.2 Å². The standard InChI is InChI=1S/C16H14Cl3FN4O3/c17-8-1-2-11(10(18)5-8)22-14-9(16(26)23-27-4-3-25)7-24-12(19)6-21-15(24)13(14)20/h1-2,5,7,12,21,25H,3-4,6H2,(H,23,26). The first-order valence-corrected chi connectivity index (χ1v) is 8.97. The van der Waals surface area contributed by atoms with Crippen LogP contribution in [0.3, 0.4) is 0 Å². The molecule has 3 N–H and O–H groups in total. The Hall–Kier alpha value is -1.84. The Morgan fingerprint density at radius 3 is 2.96 bits per heavy atom. The molecule has 144 valence electrons. The number of alkyl halides is 1. The van der Waals surface area contributed by atoms with Gasteiger partial charge in [0.15, 0.2) is 5.82 Å². The molecule has 1 aromatic carbocycles. The highest BCUT2D eigenvalue weighted by Gasteiger charge is 2.26. The first-order valence-electron chi connectivity index (χ1n) is 7.77. The third kappa shape index (κ3) is 4.20. The lowest BCUT2D eigenvalue weighted by Crippen LogP contribution is -2.32. The van der Waals surface area contributed by atoms with E-state index in [2.05, 4.69) is 15.8 Å². The first kappa shape index (κ1) is 19.9. The fraction of sp³-hybridized carbons (Fsp3) is 0.250. The molecule has 0 saturated heterocycles. The lowest BCUT2D eigenvalue weighted by atomic mass is 10.2. The average molecular weight is 436 g/mol. The fourth-order valence-corrected chi connectivity index (χ4v) is 3.14. The van der Waals surface area contributed by atoms with E-state index in [9.17, 15) is 4.79 Å². The molecule has 27 heavy (non-hydrogen) atoms. The van der Waals surface area contributed by atoms with Crippen molar-refractivity contribution in [3.8, 4) is 0 Å². The normalized spacial score (nSPS) is 16.2. The van der Waals surface area contributed by atoms with Gasteiger partial charge in [0.1, 0.15) is 16.7 Å².